The summed E-state index contributed by atoms with van der Waals surface area (Å²) in [4.78, 5) is 19.1. The van der Waals surface area contributed by atoms with E-state index >= 15 is 0 Å². The van der Waals surface area contributed by atoms with E-state index in [1.807, 2.05) is 0 Å². The van der Waals surface area contributed by atoms with Gasteiger partial charge in [0.05, 0.1) is 22.8 Å². The molecule has 0 saturated heterocycles. The predicted octanol–water partition coefficient (Wildman–Crippen LogP) is 18.1. The first-order chi connectivity index (χ1) is 33.4. The third kappa shape index (κ3) is 6.55. The monoisotopic (exact) mass is 882 g/mol. The number of hydrogen-bond acceptors (Lipinski definition) is 2. The fourth-order valence-electron chi connectivity index (χ4n) is 11.9. The van der Waals surface area contributed by atoms with Gasteiger partial charge in [0.25, 0.3) is 0 Å². The van der Waals surface area contributed by atoms with Crippen molar-refractivity contribution in [2.24, 2.45) is 0 Å². The zero-order chi connectivity index (χ0) is 46.2. The number of unbranched alkanes of at least 4 members (excludes halogenated alkanes) is 2. The first kappa shape index (κ1) is 42.1. The summed E-state index contributed by atoms with van der Waals surface area (Å²) in [5.74, 6) is 0. The minimum absolute atomic E-state index is 0.948. The van der Waals surface area contributed by atoms with E-state index in [-0.39, 0.29) is 0 Å². The normalized spacial score (nSPS) is 13.2. The fraction of sp³-hybridized carbons (Fsp3) is 0.219. The molecule has 334 valence electrons. The van der Waals surface area contributed by atoms with Gasteiger partial charge in [-0.2, -0.15) is 0 Å². The van der Waals surface area contributed by atoms with Crippen molar-refractivity contribution in [1.29, 1.82) is 0 Å². The maximum absolute atomic E-state index is 5.56. The Kier molecular flexibility index (Phi) is 10.4. The number of rotatable bonds is 10. The number of allylic oxidation sites excluding steroid dienone is 4. The molecule has 0 unspecified atom stereocenters. The highest BCUT2D eigenvalue weighted by atomic mass is 14.8. The van der Waals surface area contributed by atoms with Crippen LogP contribution >= 0.6 is 0 Å². The summed E-state index contributed by atoms with van der Waals surface area (Å²) in [6.45, 7) is 13.7. The second kappa shape index (κ2) is 16.8. The van der Waals surface area contributed by atoms with Gasteiger partial charge in [0.15, 0.2) is 0 Å². The Morgan fingerprint density at radius 3 is 1.26 bits per heavy atom. The predicted molar refractivity (Wildman–Crippen MR) is 292 cm³/mol. The van der Waals surface area contributed by atoms with Crippen molar-refractivity contribution in [3.8, 4) is 44.5 Å². The van der Waals surface area contributed by atoms with Gasteiger partial charge >= 0.3 is 0 Å². The van der Waals surface area contributed by atoms with Gasteiger partial charge in [-0.15, -0.1) is 0 Å². The molecular formula is C64H58N4. The van der Waals surface area contributed by atoms with E-state index in [1.54, 1.807) is 0 Å². The SMILES string of the molecule is CCCCC1=C(C)c2cc3[nH]c(cc4nc(cc5[nH]c(cc1n2)c(CC)c5CC)C(CCCC)=C4C)c1cc2c(-c4ccccc4)c4c(c(-c5ccccc5)c2cc31)-c1cccc2cccc-4c12. The standard InChI is InChI=1S/C64H58N4/c1-7-11-27-44-37(5)52-33-58-48-31-50-51(62(41-23-17-14-18-24-41)64-47-30-20-26-39-25-19-29-46(60(39)47)63(64)61(50)40-21-15-13-16-22-40)32-49(48)59(68-58)34-53-38(6)45(28-12-8-2)57(66-53)36-55-43(10-4)42(9-3)54(67-55)35-56(44)65-52/h13-26,29-36,67-68H,7-12,27-28H2,1-6H3. The second-order valence-corrected chi connectivity index (χ2v) is 19.2. The second-order valence-electron chi connectivity index (χ2n) is 19.2. The molecule has 0 radical (unpaired) electrons. The summed E-state index contributed by atoms with van der Waals surface area (Å²) >= 11 is 0. The lowest BCUT2D eigenvalue weighted by Gasteiger charge is -2.21. The van der Waals surface area contributed by atoms with Gasteiger partial charge in [0, 0.05) is 32.8 Å². The average Bonchev–Trinajstić information content (AvgIpc) is 4.14. The molecule has 1 aliphatic carbocycles. The number of H-pyrrole nitrogens is 2. The van der Waals surface area contributed by atoms with Crippen LogP contribution in [0.3, 0.4) is 0 Å². The zero-order valence-electron chi connectivity index (χ0n) is 40.3. The molecule has 0 saturated carbocycles. The molecule has 6 aromatic carbocycles. The smallest absolute Gasteiger partial charge is 0.0693 e. The first-order valence-corrected chi connectivity index (χ1v) is 25.2. The van der Waals surface area contributed by atoms with E-state index in [2.05, 4.69) is 185 Å². The van der Waals surface area contributed by atoms with Crippen molar-refractivity contribution in [3.05, 3.63) is 167 Å². The summed E-state index contributed by atoms with van der Waals surface area (Å²) in [5.41, 5.74) is 26.8. The highest BCUT2D eigenvalue weighted by Gasteiger charge is 2.31. The molecular weight excluding hydrogens is 825 g/mol. The number of hydrogen-bond donors (Lipinski definition) is 2. The van der Waals surface area contributed by atoms with E-state index in [0.717, 1.165) is 85.2 Å². The number of nitrogens with zero attached hydrogens (tertiary/aromatic N) is 2. The Morgan fingerprint density at radius 2 is 0.838 bits per heavy atom. The molecule has 0 fully saturated rings. The van der Waals surface area contributed by atoms with Gasteiger partial charge in [0.1, 0.15) is 0 Å². The lowest BCUT2D eigenvalue weighted by molar-refractivity contribution is 0.824. The van der Waals surface area contributed by atoms with Gasteiger partial charge in [0.2, 0.25) is 0 Å². The fourth-order valence-corrected chi connectivity index (χ4v) is 11.9. The Balaban J connectivity index is 1.28. The van der Waals surface area contributed by atoms with Crippen molar-refractivity contribution in [2.45, 2.75) is 92.9 Å². The lowest BCUT2D eigenvalue weighted by Crippen LogP contribution is -1.93. The molecule has 4 nitrogen and oxygen atoms in total. The van der Waals surface area contributed by atoms with Gasteiger partial charge in [-0.1, -0.05) is 138 Å². The van der Waals surface area contributed by atoms with Crippen LogP contribution in [0.15, 0.2) is 133 Å². The molecule has 0 amide bonds. The molecule has 3 aliphatic rings. The summed E-state index contributed by atoms with van der Waals surface area (Å²) in [7, 11) is 0. The highest BCUT2D eigenvalue weighted by Crippen LogP contribution is 2.58. The van der Waals surface area contributed by atoms with E-state index in [9.17, 15) is 0 Å². The molecule has 0 spiro atoms. The quantitative estimate of drug-likeness (QED) is 0.144. The number of aromatic amines is 2. The van der Waals surface area contributed by atoms with Crippen LogP contribution in [0.2, 0.25) is 0 Å². The van der Waals surface area contributed by atoms with E-state index in [1.165, 1.54) is 121 Å². The Labute approximate surface area is 399 Å². The summed E-state index contributed by atoms with van der Waals surface area (Å²) in [6.07, 6.45) is 8.38. The Bertz CT molecular complexity index is 3540. The molecule has 0 atom stereocenters. The van der Waals surface area contributed by atoms with Crippen LogP contribution in [0, 0.1) is 0 Å². The number of benzene rings is 6. The Hall–Kier alpha value is -7.30. The molecule has 4 heteroatoms. The molecule has 68 heavy (non-hydrogen) atoms. The van der Waals surface area contributed by atoms with Crippen molar-refractivity contribution in [3.63, 3.8) is 0 Å². The van der Waals surface area contributed by atoms with Crippen LogP contribution in [0.1, 0.15) is 114 Å². The van der Waals surface area contributed by atoms with E-state index in [4.69, 9.17) is 9.97 Å². The third-order valence-electron chi connectivity index (χ3n) is 15.3. The molecule has 12 rings (SSSR count). The van der Waals surface area contributed by atoms with E-state index in [0.29, 0.717) is 0 Å². The third-order valence-corrected chi connectivity index (χ3v) is 15.3. The van der Waals surface area contributed by atoms with Crippen LogP contribution < -0.4 is 0 Å². The van der Waals surface area contributed by atoms with Gasteiger partial charge < -0.3 is 9.97 Å². The number of nitrogens with one attached hydrogen (secondary N) is 2. The van der Waals surface area contributed by atoms with Gasteiger partial charge in [-0.05, 0) is 188 Å². The molecule has 2 N–H and O–H groups in total. The van der Waals surface area contributed by atoms with Crippen LogP contribution in [0.25, 0.3) is 121 Å². The largest absolute Gasteiger partial charge is 0.355 e. The lowest BCUT2D eigenvalue weighted by atomic mass is 9.82. The molecule has 9 aromatic rings. The highest BCUT2D eigenvalue weighted by molar-refractivity contribution is 6.29. The minimum Gasteiger partial charge on any atom is -0.355 e. The molecule has 3 aromatic heterocycles. The summed E-state index contributed by atoms with van der Waals surface area (Å²) in [5, 5.41) is 7.44. The first-order valence-electron chi connectivity index (χ1n) is 25.2. The van der Waals surface area contributed by atoms with Gasteiger partial charge in [-0.3, -0.25) is 0 Å². The average molecular weight is 883 g/mol. The minimum atomic E-state index is 0.948. The van der Waals surface area contributed by atoms with Crippen molar-refractivity contribution in [1.82, 2.24) is 19.9 Å². The maximum Gasteiger partial charge on any atom is 0.0693 e. The summed E-state index contributed by atoms with van der Waals surface area (Å²) < 4.78 is 0. The molecule has 8 bridgehead atoms. The van der Waals surface area contributed by atoms with Crippen molar-refractivity contribution in [2.75, 3.05) is 0 Å². The molecule has 5 heterocycles. The topological polar surface area (TPSA) is 57.4 Å². The van der Waals surface area contributed by atoms with Crippen LogP contribution in [-0.2, 0) is 12.8 Å². The van der Waals surface area contributed by atoms with Crippen LogP contribution in [-0.4, -0.2) is 19.9 Å². The van der Waals surface area contributed by atoms with Crippen molar-refractivity contribution >= 4 is 76.7 Å². The zero-order valence-corrected chi connectivity index (χ0v) is 40.3. The maximum atomic E-state index is 5.56. The number of aryl methyl sites for hydroxylation is 2. The molecule has 2 aliphatic heterocycles. The van der Waals surface area contributed by atoms with Crippen LogP contribution in [0.4, 0.5) is 0 Å². The Morgan fingerprint density at radius 1 is 0.412 bits per heavy atom. The van der Waals surface area contributed by atoms with E-state index < -0.39 is 0 Å². The van der Waals surface area contributed by atoms with Crippen LogP contribution in [0.5, 0.6) is 0 Å². The van der Waals surface area contributed by atoms with Crippen molar-refractivity contribution < 1.29 is 0 Å². The number of fused-ring (bicyclic) bond motifs is 15. The summed E-state index contributed by atoms with van der Waals surface area (Å²) in [6, 6.07) is 50.2. The number of aromatic nitrogens is 4. The van der Waals surface area contributed by atoms with Gasteiger partial charge in [-0.25, -0.2) is 9.97 Å².